The lowest BCUT2D eigenvalue weighted by Gasteiger charge is -2.31. The highest BCUT2D eigenvalue weighted by Gasteiger charge is 2.35. The molecule has 5 nitrogen and oxygen atoms in total. The average Bonchev–Trinajstić information content (AvgIpc) is 2.60. The number of benzene rings is 1. The summed E-state index contributed by atoms with van der Waals surface area (Å²) in [6.07, 6.45) is 3.51. The van der Waals surface area contributed by atoms with E-state index in [0.29, 0.717) is 5.75 Å². The molecule has 0 saturated carbocycles. The standard InChI is InChI=1S/C17H25NO4SSi/c1-4-24(5-2,6-3)22-15-11-7-8-12-16(15)23(20,21)18-14-10-9-13-17(18)19/h7-12H,4-6,13-14H2,1-3H3. The Labute approximate surface area is 145 Å². The van der Waals surface area contributed by atoms with Crippen LogP contribution >= 0.6 is 0 Å². The third-order valence-electron chi connectivity index (χ3n) is 4.69. The van der Waals surface area contributed by atoms with Gasteiger partial charge in [-0.2, -0.15) is 0 Å². The van der Waals surface area contributed by atoms with Crippen molar-refractivity contribution in [2.75, 3.05) is 6.54 Å². The van der Waals surface area contributed by atoms with E-state index in [1.54, 1.807) is 30.4 Å². The lowest BCUT2D eigenvalue weighted by atomic mass is 10.3. The van der Waals surface area contributed by atoms with Gasteiger partial charge in [-0.15, -0.1) is 0 Å². The molecule has 0 radical (unpaired) electrons. The van der Waals surface area contributed by atoms with E-state index in [2.05, 4.69) is 20.8 Å². The van der Waals surface area contributed by atoms with Crippen LogP contribution in [0.25, 0.3) is 0 Å². The second-order valence-corrected chi connectivity index (χ2v) is 12.4. The van der Waals surface area contributed by atoms with E-state index >= 15 is 0 Å². The Morgan fingerprint density at radius 1 is 1.08 bits per heavy atom. The van der Waals surface area contributed by atoms with Crippen LogP contribution in [-0.4, -0.2) is 33.5 Å². The third-order valence-corrected chi connectivity index (χ3v) is 11.0. The zero-order chi connectivity index (χ0) is 17.8. The second kappa shape index (κ2) is 7.52. The Morgan fingerprint density at radius 2 is 1.71 bits per heavy atom. The van der Waals surface area contributed by atoms with Gasteiger partial charge >= 0.3 is 0 Å². The minimum absolute atomic E-state index is 0.0768. The average molecular weight is 368 g/mol. The Hall–Kier alpha value is -1.60. The minimum Gasteiger partial charge on any atom is -0.543 e. The van der Waals surface area contributed by atoms with Crippen molar-refractivity contribution in [3.8, 4) is 5.75 Å². The SMILES string of the molecule is CC[Si](CC)(CC)Oc1ccccc1S(=O)(=O)N1CC=CCC1=O. The molecule has 0 bridgehead atoms. The highest BCUT2D eigenvalue weighted by molar-refractivity contribution is 7.89. The normalized spacial score (nSPS) is 15.6. The van der Waals surface area contributed by atoms with Crippen LogP contribution in [0.4, 0.5) is 0 Å². The van der Waals surface area contributed by atoms with E-state index in [9.17, 15) is 13.2 Å². The van der Waals surface area contributed by atoms with Crippen LogP contribution in [0.3, 0.4) is 0 Å². The number of para-hydroxylation sites is 1. The summed E-state index contributed by atoms with van der Waals surface area (Å²) in [5.74, 6) is -0.0330. The van der Waals surface area contributed by atoms with Gasteiger partial charge in [0, 0.05) is 6.42 Å². The Bertz CT molecular complexity index is 718. The third kappa shape index (κ3) is 3.56. The molecule has 132 valence electrons. The Kier molecular flexibility index (Phi) is 5.87. The molecule has 0 atom stereocenters. The first-order valence-corrected chi connectivity index (χ1v) is 12.4. The fourth-order valence-corrected chi connectivity index (χ4v) is 6.98. The number of nitrogens with zero attached hydrogens (tertiary/aromatic N) is 1. The van der Waals surface area contributed by atoms with Gasteiger partial charge in [0.25, 0.3) is 18.3 Å². The van der Waals surface area contributed by atoms with E-state index in [4.69, 9.17) is 4.43 Å². The molecular weight excluding hydrogens is 342 g/mol. The number of carbonyl (C=O) groups excluding carboxylic acids is 1. The number of amides is 1. The van der Waals surface area contributed by atoms with Crippen molar-refractivity contribution in [2.45, 2.75) is 50.2 Å². The summed E-state index contributed by atoms with van der Waals surface area (Å²) >= 11 is 0. The summed E-state index contributed by atoms with van der Waals surface area (Å²) in [5.41, 5.74) is 0. The molecule has 1 aliphatic heterocycles. The van der Waals surface area contributed by atoms with Crippen molar-refractivity contribution in [3.63, 3.8) is 0 Å². The van der Waals surface area contributed by atoms with Crippen LogP contribution in [0, 0.1) is 0 Å². The highest BCUT2D eigenvalue weighted by atomic mass is 32.2. The maximum Gasteiger partial charge on any atom is 0.270 e. The molecule has 1 amide bonds. The van der Waals surface area contributed by atoms with E-state index in [-0.39, 0.29) is 17.9 Å². The van der Waals surface area contributed by atoms with Gasteiger partial charge in [0.2, 0.25) is 5.91 Å². The molecule has 24 heavy (non-hydrogen) atoms. The fourth-order valence-electron chi connectivity index (χ4n) is 2.86. The largest absolute Gasteiger partial charge is 0.543 e. The molecule has 0 aromatic heterocycles. The Balaban J connectivity index is 2.45. The quantitative estimate of drug-likeness (QED) is 0.546. The summed E-state index contributed by atoms with van der Waals surface area (Å²) in [6, 6.07) is 9.40. The molecule has 0 spiro atoms. The lowest BCUT2D eigenvalue weighted by molar-refractivity contribution is -0.125. The molecular formula is C17H25NO4SSi. The van der Waals surface area contributed by atoms with Crippen LogP contribution in [0.2, 0.25) is 18.1 Å². The van der Waals surface area contributed by atoms with Crippen LogP contribution in [0.5, 0.6) is 5.75 Å². The van der Waals surface area contributed by atoms with Gasteiger partial charge in [-0.25, -0.2) is 12.7 Å². The highest BCUT2D eigenvalue weighted by Crippen LogP contribution is 2.32. The van der Waals surface area contributed by atoms with Crippen LogP contribution in [0.1, 0.15) is 27.2 Å². The van der Waals surface area contributed by atoms with Gasteiger partial charge in [-0.3, -0.25) is 4.79 Å². The minimum atomic E-state index is -3.91. The topological polar surface area (TPSA) is 63.7 Å². The van der Waals surface area contributed by atoms with Crippen LogP contribution < -0.4 is 4.43 Å². The second-order valence-electron chi connectivity index (χ2n) is 5.90. The van der Waals surface area contributed by atoms with Crippen molar-refractivity contribution in [1.29, 1.82) is 0 Å². The van der Waals surface area contributed by atoms with Crippen molar-refractivity contribution in [3.05, 3.63) is 36.4 Å². The first-order valence-electron chi connectivity index (χ1n) is 8.38. The van der Waals surface area contributed by atoms with Crippen molar-refractivity contribution in [2.24, 2.45) is 0 Å². The summed E-state index contributed by atoms with van der Waals surface area (Å²) in [4.78, 5) is 12.1. The molecule has 1 aromatic rings. The molecule has 0 saturated heterocycles. The number of sulfonamides is 1. The maximum atomic E-state index is 13.0. The number of hydrogen-bond acceptors (Lipinski definition) is 4. The van der Waals surface area contributed by atoms with Crippen molar-refractivity contribution < 1.29 is 17.6 Å². The number of rotatable bonds is 7. The van der Waals surface area contributed by atoms with Gasteiger partial charge in [0.05, 0.1) is 6.54 Å². The molecule has 0 aliphatic carbocycles. The maximum absolute atomic E-state index is 13.0. The number of carbonyl (C=O) groups is 1. The first-order chi connectivity index (χ1) is 11.4. The molecule has 1 heterocycles. The van der Waals surface area contributed by atoms with Crippen molar-refractivity contribution in [1.82, 2.24) is 4.31 Å². The van der Waals surface area contributed by atoms with E-state index in [0.717, 1.165) is 22.4 Å². The molecule has 0 N–H and O–H groups in total. The zero-order valence-electron chi connectivity index (χ0n) is 14.5. The van der Waals surface area contributed by atoms with E-state index in [1.165, 1.54) is 6.07 Å². The summed E-state index contributed by atoms with van der Waals surface area (Å²) in [7, 11) is -5.93. The molecule has 0 unspecified atom stereocenters. The van der Waals surface area contributed by atoms with Gasteiger partial charge in [0.1, 0.15) is 10.6 Å². The monoisotopic (exact) mass is 367 g/mol. The predicted molar refractivity (Wildman–Crippen MR) is 96.9 cm³/mol. The number of hydrogen-bond donors (Lipinski definition) is 0. The Morgan fingerprint density at radius 3 is 2.29 bits per heavy atom. The smallest absolute Gasteiger partial charge is 0.270 e. The van der Waals surface area contributed by atoms with Gasteiger partial charge in [-0.05, 0) is 30.3 Å². The van der Waals surface area contributed by atoms with Crippen LogP contribution in [-0.2, 0) is 14.8 Å². The van der Waals surface area contributed by atoms with E-state index in [1.807, 2.05) is 0 Å². The van der Waals surface area contributed by atoms with Gasteiger partial charge in [0.15, 0.2) is 0 Å². The van der Waals surface area contributed by atoms with Crippen molar-refractivity contribution >= 4 is 24.2 Å². The molecule has 1 aromatic carbocycles. The molecule has 2 rings (SSSR count). The van der Waals surface area contributed by atoms with Gasteiger partial charge in [-0.1, -0.05) is 45.1 Å². The lowest BCUT2D eigenvalue weighted by Crippen LogP contribution is -2.41. The summed E-state index contributed by atoms with van der Waals surface area (Å²) < 4.78 is 33.2. The zero-order valence-corrected chi connectivity index (χ0v) is 16.3. The molecule has 0 fully saturated rings. The van der Waals surface area contributed by atoms with Gasteiger partial charge < -0.3 is 4.43 Å². The first kappa shape index (κ1) is 18.7. The molecule has 1 aliphatic rings. The predicted octanol–water partition coefficient (Wildman–Crippen LogP) is 3.55. The fraction of sp³-hybridized carbons (Fsp3) is 0.471. The molecule has 7 heteroatoms. The van der Waals surface area contributed by atoms with E-state index < -0.39 is 24.2 Å². The summed E-state index contributed by atoms with van der Waals surface area (Å²) in [6.45, 7) is 6.35. The van der Waals surface area contributed by atoms with Crippen LogP contribution in [0.15, 0.2) is 41.3 Å². The summed E-state index contributed by atoms with van der Waals surface area (Å²) in [5, 5.41) is 0.